The molecule has 2 aromatic heterocycles. The van der Waals surface area contributed by atoms with Crippen LogP contribution in [0.15, 0.2) is 36.7 Å². The molecule has 0 aliphatic carbocycles. The smallest absolute Gasteiger partial charge is 0.320 e. The molecule has 0 unspecified atom stereocenters. The maximum atomic E-state index is 12.5. The zero-order valence-electron chi connectivity index (χ0n) is 14.0. The van der Waals surface area contributed by atoms with E-state index in [4.69, 9.17) is 11.6 Å². The molecular weight excluding hydrogens is 360 g/mol. The predicted octanol–water partition coefficient (Wildman–Crippen LogP) is 2.79. The van der Waals surface area contributed by atoms with Crippen LogP contribution in [0.1, 0.15) is 21.7 Å². The third-order valence-corrected chi connectivity index (χ3v) is 3.91. The van der Waals surface area contributed by atoms with E-state index in [9.17, 15) is 14.9 Å². The first-order chi connectivity index (χ1) is 12.3. The highest BCUT2D eigenvalue weighted by molar-refractivity contribution is 6.30. The van der Waals surface area contributed by atoms with Gasteiger partial charge >= 0.3 is 5.69 Å². The number of amides is 1. The first-order valence-corrected chi connectivity index (χ1v) is 7.99. The van der Waals surface area contributed by atoms with Crippen LogP contribution in [0, 0.1) is 17.0 Å². The Labute approximate surface area is 153 Å². The fourth-order valence-corrected chi connectivity index (χ4v) is 2.83. The summed E-state index contributed by atoms with van der Waals surface area (Å²) in [5, 5.41) is 22.5. The average Bonchev–Trinajstić information content (AvgIpc) is 3.09. The Balaban J connectivity index is 1.82. The van der Waals surface area contributed by atoms with Crippen LogP contribution in [0.25, 0.3) is 0 Å². The molecule has 3 rings (SSSR count). The number of nitro groups is 1. The number of benzene rings is 1. The van der Waals surface area contributed by atoms with Crippen molar-refractivity contribution in [1.29, 1.82) is 0 Å². The van der Waals surface area contributed by atoms with Gasteiger partial charge in [-0.05, 0) is 24.6 Å². The Morgan fingerprint density at radius 1 is 1.42 bits per heavy atom. The molecule has 3 aromatic rings. The van der Waals surface area contributed by atoms with Gasteiger partial charge in [0, 0.05) is 18.9 Å². The van der Waals surface area contributed by atoms with E-state index in [1.165, 1.54) is 24.9 Å². The van der Waals surface area contributed by atoms with Gasteiger partial charge in [0.15, 0.2) is 0 Å². The van der Waals surface area contributed by atoms with Crippen molar-refractivity contribution in [2.45, 2.75) is 13.5 Å². The van der Waals surface area contributed by atoms with Crippen molar-refractivity contribution in [2.75, 3.05) is 5.32 Å². The van der Waals surface area contributed by atoms with Gasteiger partial charge in [0.2, 0.25) is 5.69 Å². The van der Waals surface area contributed by atoms with Gasteiger partial charge in [0.1, 0.15) is 5.69 Å². The summed E-state index contributed by atoms with van der Waals surface area (Å²) < 4.78 is 2.87. The van der Waals surface area contributed by atoms with E-state index < -0.39 is 10.8 Å². The molecular formula is C16H15ClN6O3. The Hall–Kier alpha value is -3.20. The second-order valence-corrected chi connectivity index (χ2v) is 6.11. The van der Waals surface area contributed by atoms with Crippen LogP contribution in [0.2, 0.25) is 5.02 Å². The molecule has 0 atom stereocenters. The summed E-state index contributed by atoms with van der Waals surface area (Å²) in [5.41, 5.74) is 1.19. The van der Waals surface area contributed by atoms with E-state index in [0.717, 1.165) is 5.56 Å². The monoisotopic (exact) mass is 374 g/mol. The molecule has 134 valence electrons. The van der Waals surface area contributed by atoms with Gasteiger partial charge in [-0.15, -0.1) is 0 Å². The number of rotatable bonds is 5. The van der Waals surface area contributed by atoms with Gasteiger partial charge in [0.05, 0.1) is 22.7 Å². The number of aryl methyl sites for hydroxylation is 2. The van der Waals surface area contributed by atoms with E-state index in [1.54, 1.807) is 29.1 Å². The number of nitrogens with zero attached hydrogens (tertiary/aromatic N) is 5. The minimum absolute atomic E-state index is 0.100. The molecule has 0 bridgehead atoms. The molecule has 0 aliphatic rings. The summed E-state index contributed by atoms with van der Waals surface area (Å²) in [6.07, 6.45) is 3.23. The van der Waals surface area contributed by atoms with Gasteiger partial charge in [0.25, 0.3) is 5.91 Å². The van der Waals surface area contributed by atoms with Crippen molar-refractivity contribution in [1.82, 2.24) is 19.6 Å². The van der Waals surface area contributed by atoms with Crippen molar-refractivity contribution in [3.8, 4) is 0 Å². The largest absolute Gasteiger partial charge is 0.322 e. The normalized spacial score (nSPS) is 10.7. The number of carbonyl (C=O) groups excluding carboxylic acids is 1. The Bertz CT molecular complexity index is 994. The molecule has 0 saturated carbocycles. The molecule has 0 spiro atoms. The fraction of sp³-hybridized carbons (Fsp3) is 0.188. The van der Waals surface area contributed by atoms with E-state index in [1.807, 2.05) is 6.07 Å². The van der Waals surface area contributed by atoms with Gasteiger partial charge < -0.3 is 5.32 Å². The van der Waals surface area contributed by atoms with Crippen LogP contribution in [-0.2, 0) is 13.6 Å². The minimum Gasteiger partial charge on any atom is -0.320 e. The molecule has 0 aliphatic heterocycles. The lowest BCUT2D eigenvalue weighted by atomic mass is 10.2. The van der Waals surface area contributed by atoms with Crippen molar-refractivity contribution < 1.29 is 9.72 Å². The summed E-state index contributed by atoms with van der Waals surface area (Å²) in [4.78, 5) is 23.2. The molecule has 1 amide bonds. The quantitative estimate of drug-likeness (QED) is 0.545. The number of anilines is 1. The van der Waals surface area contributed by atoms with Gasteiger partial charge in [-0.2, -0.15) is 10.2 Å². The lowest BCUT2D eigenvalue weighted by molar-refractivity contribution is -0.385. The second-order valence-electron chi connectivity index (χ2n) is 5.67. The molecule has 0 saturated heterocycles. The highest BCUT2D eigenvalue weighted by Gasteiger charge is 2.29. The highest BCUT2D eigenvalue weighted by Crippen LogP contribution is 2.23. The van der Waals surface area contributed by atoms with E-state index in [-0.39, 0.29) is 17.1 Å². The van der Waals surface area contributed by atoms with Crippen LogP contribution < -0.4 is 5.32 Å². The van der Waals surface area contributed by atoms with Crippen LogP contribution in [0.5, 0.6) is 0 Å². The standard InChI is InChI=1S/C16H15ClN6O3/c1-10-14(23(25)26)15(21(2)20-10)16(24)19-13-5-3-4-11(6-13)8-22-9-12(17)7-18-22/h3-7,9H,8H2,1-2H3,(H,19,24). The Morgan fingerprint density at radius 2 is 2.19 bits per heavy atom. The maximum Gasteiger partial charge on any atom is 0.322 e. The topological polar surface area (TPSA) is 108 Å². The summed E-state index contributed by atoms with van der Waals surface area (Å²) >= 11 is 5.85. The average molecular weight is 375 g/mol. The summed E-state index contributed by atoms with van der Waals surface area (Å²) in [6, 6.07) is 7.12. The number of aromatic nitrogens is 4. The zero-order valence-corrected chi connectivity index (χ0v) is 14.8. The van der Waals surface area contributed by atoms with Gasteiger partial charge in [-0.3, -0.25) is 24.3 Å². The van der Waals surface area contributed by atoms with E-state index in [0.29, 0.717) is 17.3 Å². The van der Waals surface area contributed by atoms with Crippen LogP contribution >= 0.6 is 11.6 Å². The number of hydrogen-bond acceptors (Lipinski definition) is 5. The fourth-order valence-electron chi connectivity index (χ4n) is 2.67. The molecule has 26 heavy (non-hydrogen) atoms. The van der Waals surface area contributed by atoms with Gasteiger partial charge in [-0.1, -0.05) is 23.7 Å². The van der Waals surface area contributed by atoms with Crippen molar-refractivity contribution in [3.05, 3.63) is 68.7 Å². The lowest BCUT2D eigenvalue weighted by Gasteiger charge is -2.08. The molecule has 0 fully saturated rings. The van der Waals surface area contributed by atoms with Crippen molar-refractivity contribution >= 4 is 28.9 Å². The molecule has 2 heterocycles. The number of hydrogen-bond donors (Lipinski definition) is 1. The first kappa shape index (κ1) is 17.6. The third-order valence-electron chi connectivity index (χ3n) is 3.72. The van der Waals surface area contributed by atoms with E-state index in [2.05, 4.69) is 15.5 Å². The second kappa shape index (κ2) is 6.96. The number of nitrogens with one attached hydrogen (secondary N) is 1. The molecule has 1 aromatic carbocycles. The lowest BCUT2D eigenvalue weighted by Crippen LogP contribution is -2.17. The molecule has 0 radical (unpaired) electrons. The van der Waals surface area contributed by atoms with Crippen LogP contribution in [-0.4, -0.2) is 30.4 Å². The Morgan fingerprint density at radius 3 is 2.85 bits per heavy atom. The molecule has 1 N–H and O–H groups in total. The van der Waals surface area contributed by atoms with E-state index >= 15 is 0 Å². The summed E-state index contributed by atoms with van der Waals surface area (Å²) in [6.45, 7) is 1.96. The summed E-state index contributed by atoms with van der Waals surface area (Å²) in [7, 11) is 1.49. The highest BCUT2D eigenvalue weighted by atomic mass is 35.5. The number of halogens is 1. The van der Waals surface area contributed by atoms with Crippen molar-refractivity contribution in [2.24, 2.45) is 7.05 Å². The zero-order chi connectivity index (χ0) is 18.8. The number of carbonyl (C=O) groups is 1. The molecule has 9 nitrogen and oxygen atoms in total. The first-order valence-electron chi connectivity index (χ1n) is 7.61. The minimum atomic E-state index is -0.602. The van der Waals surface area contributed by atoms with Crippen LogP contribution in [0.4, 0.5) is 11.4 Å². The summed E-state index contributed by atoms with van der Waals surface area (Å²) in [5.74, 6) is -0.598. The predicted molar refractivity (Wildman–Crippen MR) is 95.3 cm³/mol. The third kappa shape index (κ3) is 3.57. The van der Waals surface area contributed by atoms with Crippen LogP contribution in [0.3, 0.4) is 0 Å². The maximum absolute atomic E-state index is 12.5. The SMILES string of the molecule is Cc1nn(C)c(C(=O)Nc2cccc(Cn3cc(Cl)cn3)c2)c1[N+](=O)[O-]. The molecule has 10 heteroatoms. The Kier molecular flexibility index (Phi) is 4.72. The van der Waals surface area contributed by atoms with Crippen molar-refractivity contribution in [3.63, 3.8) is 0 Å². The van der Waals surface area contributed by atoms with Gasteiger partial charge in [-0.25, -0.2) is 0 Å².